The van der Waals surface area contributed by atoms with Crippen LogP contribution in [0.2, 0.25) is 0 Å². The second-order valence-corrected chi connectivity index (χ2v) is 15.1. The smallest absolute Gasteiger partial charge is 0.160 e. The van der Waals surface area contributed by atoms with Crippen LogP contribution in [-0.4, -0.2) is 9.97 Å². The molecule has 11 rings (SSSR count). The molecule has 0 fully saturated rings. The maximum absolute atomic E-state index is 6.16. The Balaban J connectivity index is 1.00. The number of hydrogen-bond acceptors (Lipinski definition) is 3. The van der Waals surface area contributed by atoms with E-state index in [1.165, 1.54) is 33.4 Å². The van der Waals surface area contributed by atoms with Gasteiger partial charge < -0.3 is 4.42 Å². The molecule has 3 heteroatoms. The summed E-state index contributed by atoms with van der Waals surface area (Å²) in [5.74, 6) is 0.691. The van der Waals surface area contributed by atoms with Crippen LogP contribution in [-0.2, 0) is 5.41 Å². The third-order valence-corrected chi connectivity index (χ3v) is 11.8. The van der Waals surface area contributed by atoms with Gasteiger partial charge in [0.05, 0.1) is 11.4 Å². The molecule has 3 nitrogen and oxygen atoms in total. The van der Waals surface area contributed by atoms with E-state index in [4.69, 9.17) is 14.4 Å². The zero-order valence-electron chi connectivity index (χ0n) is 31.4. The van der Waals surface area contributed by atoms with Gasteiger partial charge in [0.15, 0.2) is 5.82 Å². The fourth-order valence-corrected chi connectivity index (χ4v) is 8.89. The van der Waals surface area contributed by atoms with Gasteiger partial charge >= 0.3 is 0 Å². The van der Waals surface area contributed by atoms with Gasteiger partial charge in [0.1, 0.15) is 11.2 Å². The van der Waals surface area contributed by atoms with Gasteiger partial charge in [0.25, 0.3) is 0 Å². The van der Waals surface area contributed by atoms with Crippen LogP contribution in [0.25, 0.3) is 89.2 Å². The molecule has 1 aliphatic carbocycles. The third-order valence-electron chi connectivity index (χ3n) is 11.8. The van der Waals surface area contributed by atoms with Crippen molar-refractivity contribution in [1.29, 1.82) is 0 Å². The van der Waals surface area contributed by atoms with E-state index in [1.54, 1.807) is 0 Å². The predicted octanol–water partition coefficient (Wildman–Crippen LogP) is 14.0. The lowest BCUT2D eigenvalue weighted by Gasteiger charge is -2.28. The van der Waals surface area contributed by atoms with Gasteiger partial charge in [-0.05, 0) is 87.3 Å². The summed E-state index contributed by atoms with van der Waals surface area (Å²) in [4.78, 5) is 10.4. The molecule has 1 unspecified atom stereocenters. The molecule has 0 saturated heterocycles. The molecule has 268 valence electrons. The first-order valence-corrected chi connectivity index (χ1v) is 19.5. The number of fused-ring (bicyclic) bond motifs is 6. The predicted molar refractivity (Wildman–Crippen MR) is 234 cm³/mol. The first-order valence-electron chi connectivity index (χ1n) is 19.5. The summed E-state index contributed by atoms with van der Waals surface area (Å²) < 4.78 is 6.16. The number of hydrogen-bond donors (Lipinski definition) is 0. The van der Waals surface area contributed by atoms with Crippen LogP contribution in [0.15, 0.2) is 205 Å². The van der Waals surface area contributed by atoms with Gasteiger partial charge in [0, 0.05) is 32.9 Å². The number of furan rings is 1. The molecule has 0 saturated carbocycles. The highest BCUT2D eigenvalue weighted by Crippen LogP contribution is 2.53. The SMILES string of the molecule is CC1(c2ccccc2)c2ccccc2-c2ccc(-c3ccc(-c4cc(-c5ccccc5-c5ccc6oc7ccccc7c6c5)nc(-c5ccccc5)n4)cc3)cc21. The number of aromatic nitrogens is 2. The Morgan fingerprint density at radius 2 is 0.965 bits per heavy atom. The lowest BCUT2D eigenvalue weighted by molar-refractivity contribution is 0.669. The molecule has 1 aliphatic rings. The first kappa shape index (κ1) is 33.0. The Morgan fingerprint density at radius 1 is 0.368 bits per heavy atom. The van der Waals surface area contributed by atoms with Crippen LogP contribution in [0.3, 0.4) is 0 Å². The van der Waals surface area contributed by atoms with E-state index in [2.05, 4.69) is 177 Å². The summed E-state index contributed by atoms with van der Waals surface area (Å²) in [6.45, 7) is 2.37. The standard InChI is InChI=1S/C54H36N2O/c1-54(40-16-6-3-7-17-40)47-22-12-10-19-42(47)43-30-28-38(33-48(43)54)35-24-26-36(27-25-35)49-34-50(56-53(55-49)37-14-4-2-5-15-37)44-20-9-8-18-41(44)39-29-31-52-46(32-39)45-21-11-13-23-51(45)57-52/h2-34H,1H3. The zero-order valence-corrected chi connectivity index (χ0v) is 31.4. The van der Waals surface area contributed by atoms with E-state index in [1.807, 2.05) is 30.3 Å². The van der Waals surface area contributed by atoms with Crippen LogP contribution in [0.4, 0.5) is 0 Å². The molecule has 0 spiro atoms. The van der Waals surface area contributed by atoms with Crippen LogP contribution in [0, 0.1) is 0 Å². The summed E-state index contributed by atoms with van der Waals surface area (Å²) in [7, 11) is 0. The van der Waals surface area contributed by atoms with Gasteiger partial charge in [-0.3, -0.25) is 0 Å². The molecule has 2 aromatic heterocycles. The normalized spacial score (nSPS) is 14.5. The van der Waals surface area contributed by atoms with Gasteiger partial charge in [-0.25, -0.2) is 9.97 Å². The Hall–Kier alpha value is -7.36. The largest absolute Gasteiger partial charge is 0.456 e. The van der Waals surface area contributed by atoms with Gasteiger partial charge in [-0.2, -0.15) is 0 Å². The van der Waals surface area contributed by atoms with E-state index in [0.717, 1.165) is 66.7 Å². The molecule has 0 amide bonds. The van der Waals surface area contributed by atoms with E-state index in [9.17, 15) is 0 Å². The molecule has 2 heterocycles. The van der Waals surface area contributed by atoms with Crippen LogP contribution >= 0.6 is 0 Å². The van der Waals surface area contributed by atoms with Crippen molar-refractivity contribution in [2.45, 2.75) is 12.3 Å². The second kappa shape index (κ2) is 13.1. The van der Waals surface area contributed by atoms with Crippen LogP contribution in [0.1, 0.15) is 23.6 Å². The molecule has 0 bridgehead atoms. The number of nitrogens with zero attached hydrogens (tertiary/aromatic N) is 2. The monoisotopic (exact) mass is 728 g/mol. The van der Waals surface area contributed by atoms with Gasteiger partial charge in [-0.15, -0.1) is 0 Å². The fourth-order valence-electron chi connectivity index (χ4n) is 8.89. The maximum atomic E-state index is 6.16. The van der Waals surface area contributed by atoms with Crippen molar-refractivity contribution in [1.82, 2.24) is 9.97 Å². The van der Waals surface area contributed by atoms with Crippen molar-refractivity contribution in [3.8, 4) is 67.3 Å². The number of para-hydroxylation sites is 1. The number of benzene rings is 8. The Morgan fingerprint density at radius 3 is 1.79 bits per heavy atom. The summed E-state index contributed by atoms with van der Waals surface area (Å²) >= 11 is 0. The van der Waals surface area contributed by atoms with E-state index < -0.39 is 0 Å². The Bertz CT molecular complexity index is 3130. The molecule has 0 aliphatic heterocycles. The molecular formula is C54H36N2O. The highest BCUT2D eigenvalue weighted by molar-refractivity contribution is 6.06. The van der Waals surface area contributed by atoms with Gasteiger partial charge in [-0.1, -0.05) is 170 Å². The topological polar surface area (TPSA) is 38.9 Å². The summed E-state index contributed by atoms with van der Waals surface area (Å²) in [6.07, 6.45) is 0. The van der Waals surface area contributed by atoms with Crippen LogP contribution < -0.4 is 0 Å². The van der Waals surface area contributed by atoms with E-state index in [0.29, 0.717) is 5.82 Å². The summed E-state index contributed by atoms with van der Waals surface area (Å²) in [5.41, 5.74) is 17.5. The minimum atomic E-state index is -0.247. The van der Waals surface area contributed by atoms with Crippen molar-refractivity contribution >= 4 is 21.9 Å². The minimum Gasteiger partial charge on any atom is -0.456 e. The maximum Gasteiger partial charge on any atom is 0.160 e. The zero-order chi connectivity index (χ0) is 37.9. The average molecular weight is 729 g/mol. The van der Waals surface area contributed by atoms with Crippen molar-refractivity contribution in [3.63, 3.8) is 0 Å². The number of rotatable bonds is 6. The quantitative estimate of drug-likeness (QED) is 0.171. The average Bonchev–Trinajstić information content (AvgIpc) is 3.79. The third kappa shape index (κ3) is 5.43. The molecular weight excluding hydrogens is 693 g/mol. The highest BCUT2D eigenvalue weighted by atomic mass is 16.3. The van der Waals surface area contributed by atoms with Crippen LogP contribution in [0.5, 0.6) is 0 Å². The second-order valence-electron chi connectivity index (χ2n) is 15.1. The van der Waals surface area contributed by atoms with E-state index in [-0.39, 0.29) is 5.41 Å². The fraction of sp³-hybridized carbons (Fsp3) is 0.0370. The Kier molecular flexibility index (Phi) is 7.61. The highest BCUT2D eigenvalue weighted by Gasteiger charge is 2.40. The molecule has 1 atom stereocenters. The van der Waals surface area contributed by atoms with Crippen molar-refractivity contribution in [2.24, 2.45) is 0 Å². The minimum absolute atomic E-state index is 0.247. The molecule has 8 aromatic carbocycles. The molecule has 0 radical (unpaired) electrons. The molecule has 0 N–H and O–H groups in total. The summed E-state index contributed by atoms with van der Waals surface area (Å²) in [6, 6.07) is 71.1. The molecule has 57 heavy (non-hydrogen) atoms. The first-order chi connectivity index (χ1) is 28.1. The molecule has 10 aromatic rings. The summed E-state index contributed by atoms with van der Waals surface area (Å²) in [5, 5.41) is 2.21. The van der Waals surface area contributed by atoms with Gasteiger partial charge in [0.2, 0.25) is 0 Å². The van der Waals surface area contributed by atoms with Crippen molar-refractivity contribution < 1.29 is 4.42 Å². The lowest BCUT2D eigenvalue weighted by Crippen LogP contribution is -2.22. The van der Waals surface area contributed by atoms with Crippen molar-refractivity contribution in [2.75, 3.05) is 0 Å². The van der Waals surface area contributed by atoms with Crippen molar-refractivity contribution in [3.05, 3.63) is 217 Å². The Labute approximate surface area is 331 Å². The van der Waals surface area contributed by atoms with E-state index >= 15 is 0 Å². The lowest BCUT2D eigenvalue weighted by atomic mass is 9.74.